The van der Waals surface area contributed by atoms with E-state index in [2.05, 4.69) is 5.32 Å². The van der Waals surface area contributed by atoms with Crippen LogP contribution in [0, 0.1) is 17.1 Å². The molecule has 19 heavy (non-hydrogen) atoms. The number of nitrogens with one attached hydrogen (secondary N) is 1. The summed E-state index contributed by atoms with van der Waals surface area (Å²) in [4.78, 5) is 0. The Bertz CT molecular complexity index is 486. The van der Waals surface area contributed by atoms with Crippen LogP contribution in [0.25, 0.3) is 0 Å². The Kier molecular flexibility index (Phi) is 5.55. The molecule has 6 heteroatoms. The molecule has 1 saturated carbocycles. The van der Waals surface area contributed by atoms with Crippen molar-refractivity contribution >= 4 is 18.1 Å². The number of aliphatic hydroxyl groups excluding tert-OH is 1. The number of anilines is 1. The third kappa shape index (κ3) is 3.57. The summed E-state index contributed by atoms with van der Waals surface area (Å²) in [7, 11) is 0. The first kappa shape index (κ1) is 15.7. The average molecular weight is 286 g/mol. The Morgan fingerprint density at radius 2 is 2.21 bits per heavy atom. The third-order valence-corrected chi connectivity index (χ3v) is 3.36. The Morgan fingerprint density at radius 3 is 2.74 bits per heavy atom. The second-order valence-electron chi connectivity index (χ2n) is 4.63. The van der Waals surface area contributed by atoms with Crippen molar-refractivity contribution in [2.45, 2.75) is 31.4 Å². The summed E-state index contributed by atoms with van der Waals surface area (Å²) in [6, 6.07) is 4.89. The molecule has 4 N–H and O–H groups in total. The first-order valence-electron chi connectivity index (χ1n) is 6.02. The standard InChI is InChI=1S/C13H16FN3O.ClH/c14-11-5-8(4-9(6-15)13(11)16)12(18)7-17-10-2-1-3-10;/h4-5,10,12,17-18H,1-3,7,16H2;1H. The van der Waals surface area contributed by atoms with Crippen LogP contribution < -0.4 is 11.1 Å². The van der Waals surface area contributed by atoms with E-state index >= 15 is 0 Å². The first-order valence-corrected chi connectivity index (χ1v) is 6.02. The third-order valence-electron chi connectivity index (χ3n) is 3.36. The fraction of sp³-hybridized carbons (Fsp3) is 0.462. The summed E-state index contributed by atoms with van der Waals surface area (Å²) in [5.74, 6) is -0.660. The molecule has 0 amide bonds. The molecule has 0 aromatic heterocycles. The van der Waals surface area contributed by atoms with Gasteiger partial charge in [0.1, 0.15) is 11.9 Å². The lowest BCUT2D eigenvalue weighted by molar-refractivity contribution is 0.161. The van der Waals surface area contributed by atoms with Crippen LogP contribution in [0.4, 0.5) is 10.1 Å². The quantitative estimate of drug-likeness (QED) is 0.738. The molecule has 1 aliphatic carbocycles. The summed E-state index contributed by atoms with van der Waals surface area (Å²) in [6.07, 6.45) is 2.62. The van der Waals surface area contributed by atoms with Gasteiger partial charge in [-0.2, -0.15) is 5.26 Å². The highest BCUT2D eigenvalue weighted by atomic mass is 35.5. The second-order valence-corrected chi connectivity index (χ2v) is 4.63. The van der Waals surface area contributed by atoms with Gasteiger partial charge in [-0.3, -0.25) is 0 Å². The number of nitrogens with zero attached hydrogens (tertiary/aromatic N) is 1. The Morgan fingerprint density at radius 1 is 1.53 bits per heavy atom. The van der Waals surface area contributed by atoms with Gasteiger partial charge in [0.2, 0.25) is 0 Å². The lowest BCUT2D eigenvalue weighted by Gasteiger charge is -2.27. The number of nitriles is 1. The van der Waals surface area contributed by atoms with Crippen molar-refractivity contribution in [1.82, 2.24) is 5.32 Å². The minimum Gasteiger partial charge on any atom is -0.395 e. The zero-order valence-corrected chi connectivity index (χ0v) is 11.2. The van der Waals surface area contributed by atoms with Gasteiger partial charge in [0.15, 0.2) is 0 Å². The van der Waals surface area contributed by atoms with Crippen molar-refractivity contribution in [2.24, 2.45) is 0 Å². The fourth-order valence-corrected chi connectivity index (χ4v) is 1.93. The molecule has 0 saturated heterocycles. The zero-order chi connectivity index (χ0) is 13.1. The highest BCUT2D eigenvalue weighted by molar-refractivity contribution is 5.85. The Balaban J connectivity index is 0.00000180. The van der Waals surface area contributed by atoms with Gasteiger partial charge >= 0.3 is 0 Å². The van der Waals surface area contributed by atoms with Gasteiger partial charge in [0.05, 0.1) is 17.4 Å². The van der Waals surface area contributed by atoms with Crippen molar-refractivity contribution < 1.29 is 9.50 Å². The topological polar surface area (TPSA) is 82.1 Å². The molecular formula is C13H17ClFN3O. The maximum Gasteiger partial charge on any atom is 0.147 e. The number of rotatable bonds is 4. The summed E-state index contributed by atoms with van der Waals surface area (Å²) in [5.41, 5.74) is 5.70. The van der Waals surface area contributed by atoms with Crippen LogP contribution >= 0.6 is 12.4 Å². The molecule has 0 radical (unpaired) electrons. The molecule has 104 valence electrons. The van der Waals surface area contributed by atoms with E-state index in [1.54, 1.807) is 0 Å². The molecule has 2 rings (SSSR count). The van der Waals surface area contributed by atoms with Crippen molar-refractivity contribution in [1.29, 1.82) is 5.26 Å². The molecule has 4 nitrogen and oxygen atoms in total. The highest BCUT2D eigenvalue weighted by Crippen LogP contribution is 2.23. The number of hydrogen-bond acceptors (Lipinski definition) is 4. The minimum atomic E-state index is -0.826. The molecule has 0 aliphatic heterocycles. The van der Waals surface area contributed by atoms with Gasteiger partial charge in [-0.05, 0) is 30.5 Å². The molecule has 1 aliphatic rings. The molecule has 0 heterocycles. The van der Waals surface area contributed by atoms with Gasteiger partial charge in [0, 0.05) is 12.6 Å². The van der Waals surface area contributed by atoms with Gasteiger partial charge in [-0.1, -0.05) is 6.42 Å². The van der Waals surface area contributed by atoms with E-state index in [1.165, 1.54) is 18.6 Å². The normalized spacial score (nSPS) is 16.1. The number of hydrogen-bond donors (Lipinski definition) is 3. The first-order chi connectivity index (χ1) is 8.61. The number of benzene rings is 1. The van der Waals surface area contributed by atoms with Crippen molar-refractivity contribution in [3.63, 3.8) is 0 Å². The molecular weight excluding hydrogens is 269 g/mol. The average Bonchev–Trinajstić information content (AvgIpc) is 2.30. The van der Waals surface area contributed by atoms with Crippen LogP contribution in [-0.4, -0.2) is 17.7 Å². The highest BCUT2D eigenvalue weighted by Gasteiger charge is 2.19. The van der Waals surface area contributed by atoms with Crippen LogP contribution in [0.3, 0.4) is 0 Å². The molecule has 0 bridgehead atoms. The van der Waals surface area contributed by atoms with E-state index in [0.717, 1.165) is 12.8 Å². The van der Waals surface area contributed by atoms with Gasteiger partial charge in [-0.15, -0.1) is 12.4 Å². The lowest BCUT2D eigenvalue weighted by atomic mass is 9.93. The van der Waals surface area contributed by atoms with E-state index in [4.69, 9.17) is 11.0 Å². The van der Waals surface area contributed by atoms with Crippen LogP contribution in [0.5, 0.6) is 0 Å². The molecule has 0 spiro atoms. The Labute approximate surface area is 117 Å². The summed E-state index contributed by atoms with van der Waals surface area (Å²) < 4.78 is 13.5. The summed E-state index contributed by atoms with van der Waals surface area (Å²) >= 11 is 0. The van der Waals surface area contributed by atoms with Crippen molar-refractivity contribution in [3.8, 4) is 6.07 Å². The molecule has 1 fully saturated rings. The smallest absolute Gasteiger partial charge is 0.147 e. The fourth-order valence-electron chi connectivity index (χ4n) is 1.93. The maximum atomic E-state index is 13.5. The van der Waals surface area contributed by atoms with E-state index in [0.29, 0.717) is 18.2 Å². The number of halogens is 2. The SMILES string of the molecule is Cl.N#Cc1cc(C(O)CNC2CCC2)cc(F)c1N. The zero-order valence-electron chi connectivity index (χ0n) is 10.4. The van der Waals surface area contributed by atoms with E-state index in [9.17, 15) is 9.50 Å². The van der Waals surface area contributed by atoms with Gasteiger partial charge < -0.3 is 16.2 Å². The largest absolute Gasteiger partial charge is 0.395 e. The Hall–Kier alpha value is -1.35. The van der Waals surface area contributed by atoms with Crippen LogP contribution in [0.15, 0.2) is 12.1 Å². The number of nitrogens with two attached hydrogens (primary N) is 1. The van der Waals surface area contributed by atoms with E-state index in [-0.39, 0.29) is 23.7 Å². The van der Waals surface area contributed by atoms with Crippen molar-refractivity contribution in [2.75, 3.05) is 12.3 Å². The van der Waals surface area contributed by atoms with Crippen LogP contribution in [0.1, 0.15) is 36.5 Å². The van der Waals surface area contributed by atoms with E-state index < -0.39 is 11.9 Å². The lowest BCUT2D eigenvalue weighted by Crippen LogP contribution is -2.37. The number of nitrogen functional groups attached to an aromatic ring is 1. The predicted molar refractivity (Wildman–Crippen MR) is 73.4 cm³/mol. The maximum absolute atomic E-state index is 13.5. The van der Waals surface area contributed by atoms with E-state index in [1.807, 2.05) is 6.07 Å². The molecule has 1 atom stereocenters. The summed E-state index contributed by atoms with van der Waals surface area (Å²) in [6.45, 7) is 0.360. The summed E-state index contributed by atoms with van der Waals surface area (Å²) in [5, 5.41) is 22.0. The predicted octanol–water partition coefficient (Wildman–Crippen LogP) is 1.88. The monoisotopic (exact) mass is 285 g/mol. The molecule has 1 aromatic carbocycles. The van der Waals surface area contributed by atoms with Crippen molar-refractivity contribution in [3.05, 3.63) is 29.1 Å². The molecule has 1 aromatic rings. The minimum absolute atomic E-state index is 0. The molecule has 1 unspecified atom stereocenters. The van der Waals surface area contributed by atoms with Gasteiger partial charge in [-0.25, -0.2) is 4.39 Å². The number of aliphatic hydroxyl groups is 1. The van der Waals surface area contributed by atoms with Gasteiger partial charge in [0.25, 0.3) is 0 Å². The van der Waals surface area contributed by atoms with Crippen LogP contribution in [-0.2, 0) is 0 Å². The second kappa shape index (κ2) is 6.71. The van der Waals surface area contributed by atoms with Crippen LogP contribution in [0.2, 0.25) is 0 Å².